The predicted octanol–water partition coefficient (Wildman–Crippen LogP) is 18.6. The molecule has 0 amide bonds. The molecule has 0 atom stereocenters. The smallest absolute Gasteiger partial charge is 0.308 e. The van der Waals surface area contributed by atoms with Crippen molar-refractivity contribution in [3.05, 3.63) is 239 Å². The molecule has 0 unspecified atom stereocenters. The minimum absolute atomic E-state index is 0.364. The van der Waals surface area contributed by atoms with Crippen LogP contribution >= 0.6 is 0 Å². The van der Waals surface area contributed by atoms with Gasteiger partial charge in [0.15, 0.2) is 0 Å². The number of alkyl halides is 3. The van der Waals surface area contributed by atoms with Gasteiger partial charge in [-0.25, -0.2) is 0 Å². The van der Waals surface area contributed by atoms with Gasteiger partial charge >= 0.3 is 6.18 Å². The van der Waals surface area contributed by atoms with Crippen molar-refractivity contribution in [2.75, 3.05) is 0 Å². The number of fused-ring (bicyclic) bond motifs is 6. The van der Waals surface area contributed by atoms with Gasteiger partial charge in [0, 0.05) is 27.1 Å². The van der Waals surface area contributed by atoms with Crippen LogP contribution in [0.15, 0.2) is 200 Å². The third-order valence-corrected chi connectivity index (χ3v) is 14.3. The van der Waals surface area contributed by atoms with Gasteiger partial charge < -0.3 is 9.13 Å². The fourth-order valence-electron chi connectivity index (χ4n) is 11.0. The van der Waals surface area contributed by atoms with Gasteiger partial charge in [0.05, 0.1) is 50.6 Å². The summed E-state index contributed by atoms with van der Waals surface area (Å²) in [6.07, 6.45) is -4.62. The molecule has 0 aliphatic rings. The molecular weight excluding hydrogens is 904 g/mol. The zero-order valence-electron chi connectivity index (χ0n) is 41.0. The van der Waals surface area contributed by atoms with Crippen molar-refractivity contribution < 1.29 is 13.2 Å². The van der Waals surface area contributed by atoms with Crippen LogP contribution in [0.2, 0.25) is 0 Å². The summed E-state index contributed by atoms with van der Waals surface area (Å²) in [6.45, 7) is 10.1. The van der Waals surface area contributed by atoms with Gasteiger partial charge in [-0.3, -0.25) is 0 Å². The van der Waals surface area contributed by atoms with Crippen LogP contribution < -0.4 is 0 Å². The molecule has 0 spiro atoms. The molecule has 2 aromatic heterocycles. The van der Waals surface area contributed by atoms with E-state index in [0.717, 1.165) is 110 Å². The highest BCUT2D eigenvalue weighted by molar-refractivity contribution is 6.14. The highest BCUT2D eigenvalue weighted by Gasteiger charge is 2.32. The quantitative estimate of drug-likeness (QED) is 0.157. The first-order valence-corrected chi connectivity index (χ1v) is 24.5. The third kappa shape index (κ3) is 8.04. The maximum atomic E-state index is 15.1. The molecule has 0 fully saturated rings. The first kappa shape index (κ1) is 45.2. The van der Waals surface area contributed by atoms with Gasteiger partial charge in [-0.1, -0.05) is 150 Å². The average Bonchev–Trinajstić information content (AvgIpc) is 3.89. The Balaban J connectivity index is 1.22. The number of rotatable bonds is 7. The molecule has 0 aliphatic carbocycles. The Morgan fingerprint density at radius 2 is 0.658 bits per heavy atom. The molecule has 2 heterocycles. The summed E-state index contributed by atoms with van der Waals surface area (Å²) >= 11 is 0. The Morgan fingerprint density at radius 3 is 0.959 bits per heavy atom. The molecule has 3 nitrogen and oxygen atoms in total. The molecule has 0 saturated carbocycles. The Hall–Kier alpha value is -8.92. The van der Waals surface area contributed by atoms with E-state index in [9.17, 15) is 5.26 Å². The van der Waals surface area contributed by atoms with Crippen molar-refractivity contribution in [3.8, 4) is 73.1 Å². The van der Waals surface area contributed by atoms with Crippen LogP contribution in [0.4, 0.5) is 13.2 Å². The number of halogens is 3. The highest BCUT2D eigenvalue weighted by Crippen LogP contribution is 2.46. The molecule has 10 aromatic carbocycles. The summed E-state index contributed by atoms with van der Waals surface area (Å²) in [6, 6.07) is 70.0. The Bertz CT molecular complexity index is 3830. The molecule has 352 valence electrons. The number of aryl methyl sites for hydroxylation is 5. The van der Waals surface area contributed by atoms with Gasteiger partial charge in [-0.15, -0.1) is 0 Å². The fourth-order valence-corrected chi connectivity index (χ4v) is 11.0. The summed E-state index contributed by atoms with van der Waals surface area (Å²) in [5.41, 5.74) is 18.7. The van der Waals surface area contributed by atoms with E-state index in [-0.39, 0.29) is 0 Å². The maximum absolute atomic E-state index is 15.1. The number of hydrogen-bond acceptors (Lipinski definition) is 1. The van der Waals surface area contributed by atoms with Crippen LogP contribution in [-0.4, -0.2) is 9.13 Å². The Morgan fingerprint density at radius 1 is 0.342 bits per heavy atom. The summed E-state index contributed by atoms with van der Waals surface area (Å²) in [7, 11) is 0. The van der Waals surface area contributed by atoms with Crippen LogP contribution in [0.3, 0.4) is 0 Å². The van der Waals surface area contributed by atoms with Crippen molar-refractivity contribution in [2.24, 2.45) is 0 Å². The zero-order chi connectivity index (χ0) is 50.3. The second-order valence-corrected chi connectivity index (χ2v) is 19.7. The predicted molar refractivity (Wildman–Crippen MR) is 296 cm³/mol. The van der Waals surface area contributed by atoms with E-state index in [1.807, 2.05) is 18.2 Å². The van der Waals surface area contributed by atoms with Crippen molar-refractivity contribution in [1.82, 2.24) is 9.13 Å². The van der Waals surface area contributed by atoms with E-state index < -0.39 is 11.7 Å². The van der Waals surface area contributed by atoms with Crippen LogP contribution in [0.5, 0.6) is 0 Å². The van der Waals surface area contributed by atoms with E-state index in [0.29, 0.717) is 33.6 Å². The summed E-state index contributed by atoms with van der Waals surface area (Å²) in [5.74, 6) is 0. The molecule has 12 rings (SSSR count). The van der Waals surface area contributed by atoms with Crippen LogP contribution in [0.25, 0.3) is 111 Å². The lowest BCUT2D eigenvalue weighted by Gasteiger charge is -2.22. The molecule has 0 saturated heterocycles. The lowest BCUT2D eigenvalue weighted by Crippen LogP contribution is -2.08. The van der Waals surface area contributed by atoms with Gasteiger partial charge in [0.2, 0.25) is 0 Å². The van der Waals surface area contributed by atoms with Gasteiger partial charge in [0.1, 0.15) is 0 Å². The summed E-state index contributed by atoms with van der Waals surface area (Å²) in [5, 5.41) is 15.0. The second kappa shape index (κ2) is 17.4. The highest BCUT2D eigenvalue weighted by atomic mass is 19.4. The van der Waals surface area contributed by atoms with Crippen LogP contribution in [0, 0.1) is 45.9 Å². The zero-order valence-corrected chi connectivity index (χ0v) is 41.0. The number of aromatic nitrogens is 2. The second-order valence-electron chi connectivity index (χ2n) is 19.7. The molecule has 6 heteroatoms. The molecule has 0 N–H and O–H groups in total. The lowest BCUT2D eigenvalue weighted by molar-refractivity contribution is -0.137. The number of benzene rings is 10. The largest absolute Gasteiger partial charge is 0.416 e. The van der Waals surface area contributed by atoms with Gasteiger partial charge in [-0.05, 0) is 163 Å². The van der Waals surface area contributed by atoms with Crippen LogP contribution in [0.1, 0.15) is 38.9 Å². The number of nitrogens with zero attached hydrogens (tertiary/aromatic N) is 3. The standard InChI is InChI=1S/C67H48F3N3/c1-40-10-6-14-46(26-40)50-18-22-60-56(35-50)57-36-51(47-15-7-11-41(2)27-47)19-23-61(57)72(60)64-32-45(39-71)33-65(66(64)54-30-44(5)31-55(34-54)67(68,69)70)73-62-24-20-52(48-16-8-12-42(3)28-48)37-58(62)59-38-53(21-25-63(59)73)49-17-9-13-43(4)29-49/h6-38H,1-5H3. The summed E-state index contributed by atoms with van der Waals surface area (Å²) in [4.78, 5) is 0. The summed E-state index contributed by atoms with van der Waals surface area (Å²) < 4.78 is 49.7. The van der Waals surface area contributed by atoms with Crippen molar-refractivity contribution in [1.29, 1.82) is 5.26 Å². The normalized spacial score (nSPS) is 11.8. The van der Waals surface area contributed by atoms with E-state index in [4.69, 9.17) is 0 Å². The minimum atomic E-state index is -4.62. The maximum Gasteiger partial charge on any atom is 0.416 e. The number of nitriles is 1. The van der Waals surface area contributed by atoms with E-state index in [2.05, 4.69) is 213 Å². The van der Waals surface area contributed by atoms with Crippen LogP contribution in [-0.2, 0) is 6.18 Å². The van der Waals surface area contributed by atoms with E-state index >= 15 is 13.2 Å². The Kier molecular flexibility index (Phi) is 10.8. The molecule has 0 radical (unpaired) electrons. The fraction of sp³-hybridized carbons (Fsp3) is 0.0896. The molecule has 0 bridgehead atoms. The van der Waals surface area contributed by atoms with E-state index in [1.165, 1.54) is 12.1 Å². The number of hydrogen-bond donors (Lipinski definition) is 0. The van der Waals surface area contributed by atoms with Crippen molar-refractivity contribution >= 4 is 43.6 Å². The first-order valence-electron chi connectivity index (χ1n) is 24.5. The SMILES string of the molecule is Cc1cccc(-c2ccc3c(c2)c2cc(-c4cccc(C)c4)ccc2n3-c2cc(C#N)cc(-n3c4ccc(-c5cccc(C)c5)cc4c4cc(-c5cccc(C)c5)ccc43)c2-c2cc(C)cc(C(F)(F)F)c2)c1. The molecule has 73 heavy (non-hydrogen) atoms. The molecule has 12 aromatic rings. The topological polar surface area (TPSA) is 33.6 Å². The Labute approximate surface area is 422 Å². The molecular formula is C67H48F3N3. The van der Waals surface area contributed by atoms with Gasteiger partial charge in [0.25, 0.3) is 0 Å². The average molecular weight is 952 g/mol. The van der Waals surface area contributed by atoms with E-state index in [1.54, 1.807) is 6.92 Å². The van der Waals surface area contributed by atoms with Gasteiger partial charge in [-0.2, -0.15) is 18.4 Å². The first-order chi connectivity index (χ1) is 35.3. The lowest BCUT2D eigenvalue weighted by atomic mass is 9.94. The third-order valence-electron chi connectivity index (χ3n) is 14.3. The minimum Gasteiger partial charge on any atom is -0.308 e. The van der Waals surface area contributed by atoms with Crippen molar-refractivity contribution in [3.63, 3.8) is 0 Å². The monoisotopic (exact) mass is 951 g/mol. The van der Waals surface area contributed by atoms with Crippen molar-refractivity contribution in [2.45, 2.75) is 40.8 Å². The molecule has 0 aliphatic heterocycles.